The van der Waals surface area contributed by atoms with Crippen LogP contribution < -0.4 is 0 Å². The number of nitrogens with zero attached hydrogens (tertiary/aromatic N) is 1. The SMILES string of the molecule is [C-]#CC(O[C@@H]1C[C@@H]2CC[C@@]1(C)C2(C)C)=[N+](C)C. The van der Waals surface area contributed by atoms with Crippen molar-refractivity contribution in [2.24, 2.45) is 16.7 Å². The van der Waals surface area contributed by atoms with Crippen LogP contribution >= 0.6 is 0 Å². The van der Waals surface area contributed by atoms with Crippen molar-refractivity contribution in [3.05, 3.63) is 6.42 Å². The predicted octanol–water partition coefficient (Wildman–Crippen LogP) is 2.48. The van der Waals surface area contributed by atoms with E-state index in [1.54, 1.807) is 0 Å². The molecule has 2 nitrogen and oxygen atoms in total. The highest BCUT2D eigenvalue weighted by molar-refractivity contribution is 5.88. The third-order valence-electron chi connectivity index (χ3n) is 5.48. The van der Waals surface area contributed by atoms with Gasteiger partial charge in [0.05, 0.1) is 6.10 Å². The van der Waals surface area contributed by atoms with Crippen LogP contribution in [0, 0.1) is 29.1 Å². The van der Waals surface area contributed by atoms with Crippen LogP contribution in [0.1, 0.15) is 40.0 Å². The molecular weight excluding hydrogens is 210 g/mol. The van der Waals surface area contributed by atoms with Gasteiger partial charge in [-0.25, -0.2) is 0 Å². The predicted molar refractivity (Wildman–Crippen MR) is 68.3 cm³/mol. The maximum absolute atomic E-state index is 7.30. The fraction of sp³-hybridized carbons (Fsp3) is 0.800. The van der Waals surface area contributed by atoms with E-state index in [4.69, 9.17) is 11.2 Å². The second-order valence-electron chi connectivity index (χ2n) is 6.54. The Bertz CT molecular complexity index is 398. The Hall–Kier alpha value is -0.970. The molecule has 0 amide bonds. The maximum Gasteiger partial charge on any atom is 0.260 e. The van der Waals surface area contributed by atoms with Crippen molar-refractivity contribution in [3.8, 4) is 5.92 Å². The van der Waals surface area contributed by atoms with Crippen molar-refractivity contribution in [3.63, 3.8) is 0 Å². The lowest BCUT2D eigenvalue weighted by molar-refractivity contribution is -0.474. The summed E-state index contributed by atoms with van der Waals surface area (Å²) < 4.78 is 7.87. The number of ether oxygens (including phenoxy) is 1. The topological polar surface area (TPSA) is 12.2 Å². The van der Waals surface area contributed by atoms with Crippen LogP contribution in [0.2, 0.25) is 0 Å². The molecule has 2 rings (SSSR count). The van der Waals surface area contributed by atoms with Gasteiger partial charge in [-0.15, -0.1) is 0 Å². The summed E-state index contributed by atoms with van der Waals surface area (Å²) in [6, 6.07) is 0. The van der Waals surface area contributed by atoms with Crippen molar-refractivity contribution in [1.29, 1.82) is 0 Å². The van der Waals surface area contributed by atoms with Gasteiger partial charge in [0.1, 0.15) is 14.1 Å². The zero-order valence-corrected chi connectivity index (χ0v) is 11.6. The molecule has 0 heterocycles. The summed E-state index contributed by atoms with van der Waals surface area (Å²) in [5.41, 5.74) is 0.604. The molecular formula is C15H23NO. The maximum atomic E-state index is 7.30. The average Bonchev–Trinajstić information content (AvgIpc) is 2.57. The van der Waals surface area contributed by atoms with E-state index in [1.165, 1.54) is 12.8 Å². The van der Waals surface area contributed by atoms with Gasteiger partial charge in [0, 0.05) is 5.41 Å². The van der Waals surface area contributed by atoms with Crippen LogP contribution in [0.25, 0.3) is 0 Å². The molecule has 0 radical (unpaired) electrons. The summed E-state index contributed by atoms with van der Waals surface area (Å²) in [4.78, 5) is 0. The highest BCUT2D eigenvalue weighted by Gasteiger charge is 2.62. The molecule has 0 aromatic rings. The van der Waals surface area contributed by atoms with Gasteiger partial charge in [-0.2, -0.15) is 5.92 Å². The molecule has 2 saturated carbocycles. The highest BCUT2D eigenvalue weighted by Crippen LogP contribution is 2.66. The van der Waals surface area contributed by atoms with Gasteiger partial charge in [-0.1, -0.05) is 20.8 Å². The first kappa shape index (κ1) is 12.5. The molecule has 0 aliphatic heterocycles. The molecule has 0 aromatic heterocycles. The van der Waals surface area contributed by atoms with E-state index in [0.29, 0.717) is 11.3 Å². The molecule has 0 aromatic carbocycles. The summed E-state index contributed by atoms with van der Waals surface area (Å²) in [6.07, 6.45) is 11.2. The smallest absolute Gasteiger partial charge is 0.260 e. The second-order valence-corrected chi connectivity index (χ2v) is 6.54. The minimum Gasteiger partial charge on any atom is -0.520 e. The summed E-state index contributed by atoms with van der Waals surface area (Å²) in [5.74, 6) is 3.73. The van der Waals surface area contributed by atoms with Gasteiger partial charge in [0.25, 0.3) is 5.90 Å². The van der Waals surface area contributed by atoms with Gasteiger partial charge in [0.15, 0.2) is 0 Å². The Morgan fingerprint density at radius 3 is 2.35 bits per heavy atom. The van der Waals surface area contributed by atoms with Crippen LogP contribution in [-0.2, 0) is 4.74 Å². The Morgan fingerprint density at radius 1 is 1.35 bits per heavy atom. The largest absolute Gasteiger partial charge is 0.520 e. The number of rotatable bonds is 1. The molecule has 17 heavy (non-hydrogen) atoms. The van der Waals surface area contributed by atoms with Crippen LogP contribution in [0.15, 0.2) is 0 Å². The summed E-state index contributed by atoms with van der Waals surface area (Å²) in [7, 11) is 3.80. The van der Waals surface area contributed by atoms with E-state index in [0.717, 1.165) is 12.3 Å². The first-order valence-electron chi connectivity index (χ1n) is 6.46. The fourth-order valence-electron chi connectivity index (χ4n) is 3.69. The van der Waals surface area contributed by atoms with Crippen molar-refractivity contribution in [2.75, 3.05) is 14.1 Å². The van der Waals surface area contributed by atoms with Crippen LogP contribution in [0.5, 0.6) is 0 Å². The normalized spacial score (nSPS) is 37.6. The third kappa shape index (κ3) is 1.59. The van der Waals surface area contributed by atoms with Gasteiger partial charge < -0.3 is 11.2 Å². The number of hydrogen-bond donors (Lipinski definition) is 0. The molecule has 2 bridgehead atoms. The minimum absolute atomic E-state index is 0.242. The monoisotopic (exact) mass is 233 g/mol. The Labute approximate surface area is 105 Å². The molecule has 0 unspecified atom stereocenters. The van der Waals surface area contributed by atoms with Crippen molar-refractivity contribution in [1.82, 2.24) is 0 Å². The Morgan fingerprint density at radius 2 is 2.00 bits per heavy atom. The zero-order valence-electron chi connectivity index (χ0n) is 11.6. The number of hydrogen-bond acceptors (Lipinski definition) is 1. The van der Waals surface area contributed by atoms with Crippen molar-refractivity contribution in [2.45, 2.75) is 46.1 Å². The molecule has 3 atom stereocenters. The quantitative estimate of drug-likeness (QED) is 0.223. The molecule has 2 fully saturated rings. The molecule has 2 aliphatic rings. The van der Waals surface area contributed by atoms with E-state index in [-0.39, 0.29) is 11.5 Å². The second kappa shape index (κ2) is 3.77. The summed E-state index contributed by atoms with van der Waals surface area (Å²) in [6.45, 7) is 7.09. The average molecular weight is 233 g/mol. The van der Waals surface area contributed by atoms with Gasteiger partial charge in [-0.05, 0) is 30.6 Å². The molecule has 0 saturated heterocycles. The molecule has 0 spiro atoms. The van der Waals surface area contributed by atoms with Gasteiger partial charge in [-0.3, -0.25) is 4.58 Å². The molecule has 0 N–H and O–H groups in total. The lowest BCUT2D eigenvalue weighted by Gasteiger charge is -2.39. The Kier molecular flexibility index (Phi) is 2.77. The van der Waals surface area contributed by atoms with Crippen LogP contribution in [0.4, 0.5) is 0 Å². The van der Waals surface area contributed by atoms with Gasteiger partial charge >= 0.3 is 0 Å². The van der Waals surface area contributed by atoms with E-state index in [9.17, 15) is 0 Å². The molecule has 2 heteroatoms. The lowest BCUT2D eigenvalue weighted by Crippen LogP contribution is -2.39. The fourth-order valence-corrected chi connectivity index (χ4v) is 3.69. The van der Waals surface area contributed by atoms with E-state index < -0.39 is 0 Å². The zero-order chi connectivity index (χ0) is 12.8. The summed E-state index contributed by atoms with van der Waals surface area (Å²) >= 11 is 0. The van der Waals surface area contributed by atoms with Crippen molar-refractivity contribution < 1.29 is 9.31 Å². The standard InChI is InChI=1S/C15H23NO/c1-7-13(16(5)6)17-12-10-11-8-9-15(12,4)14(11,2)3/h11-12H,8-10H2,2-6H3/t11-,12+,15+/m0/s1. The summed E-state index contributed by atoms with van der Waals surface area (Å²) in [5, 5.41) is 0. The highest BCUT2D eigenvalue weighted by atomic mass is 16.5. The van der Waals surface area contributed by atoms with E-state index in [2.05, 4.69) is 26.7 Å². The van der Waals surface area contributed by atoms with Crippen molar-refractivity contribution >= 4 is 5.90 Å². The third-order valence-corrected chi connectivity index (χ3v) is 5.48. The number of fused-ring (bicyclic) bond motifs is 2. The lowest BCUT2D eigenvalue weighted by atomic mass is 9.70. The molecule has 94 valence electrons. The molecule has 2 aliphatic carbocycles. The first-order chi connectivity index (χ1) is 7.83. The van der Waals surface area contributed by atoms with Crippen LogP contribution in [-0.4, -0.2) is 30.7 Å². The Balaban J connectivity index is 2.23. The van der Waals surface area contributed by atoms with E-state index >= 15 is 0 Å². The van der Waals surface area contributed by atoms with Gasteiger partial charge in [0.2, 0.25) is 0 Å². The minimum atomic E-state index is 0.242. The van der Waals surface area contributed by atoms with Crippen LogP contribution in [0.3, 0.4) is 0 Å². The first-order valence-corrected chi connectivity index (χ1v) is 6.46. The van der Waals surface area contributed by atoms with E-state index in [1.807, 2.05) is 18.7 Å².